The number of carbonyl (C=O) groups excluding carboxylic acids is 2. The lowest BCUT2D eigenvalue weighted by Gasteiger charge is -2.12. The fourth-order valence-corrected chi connectivity index (χ4v) is 0.490. The number of hydrogen-bond acceptors (Lipinski definition) is 4. The molecule has 0 aliphatic heterocycles. The first kappa shape index (κ1) is 9.74. The summed E-state index contributed by atoms with van der Waals surface area (Å²) in [5.41, 5.74) is 0. The summed E-state index contributed by atoms with van der Waals surface area (Å²) in [6.07, 6.45) is -0.702. The zero-order chi connectivity index (χ0) is 8.69. The first-order valence-corrected chi connectivity index (χ1v) is 3.18. The van der Waals surface area contributed by atoms with Crippen LogP contribution in [-0.2, 0) is 14.3 Å². The third-order valence-electron chi connectivity index (χ3n) is 1.05. The number of amides is 1. The molecule has 0 aromatic heterocycles. The molecule has 0 rings (SSSR count). The van der Waals surface area contributed by atoms with Gasteiger partial charge in [-0.1, -0.05) is 6.92 Å². The molecule has 5 heteroatoms. The highest BCUT2D eigenvalue weighted by Crippen LogP contribution is 1.91. The van der Waals surface area contributed by atoms with Gasteiger partial charge >= 0.3 is 6.09 Å². The van der Waals surface area contributed by atoms with Gasteiger partial charge in [-0.2, -0.15) is 0 Å². The Kier molecular flexibility index (Phi) is 4.89. The first-order valence-electron chi connectivity index (χ1n) is 3.18. The second-order valence-electron chi connectivity index (χ2n) is 1.77. The molecule has 64 valence electrons. The van der Waals surface area contributed by atoms with Gasteiger partial charge in [0.25, 0.3) is 6.47 Å². The van der Waals surface area contributed by atoms with Crippen molar-refractivity contribution in [3.05, 3.63) is 0 Å². The molecule has 0 fully saturated rings. The Hall–Kier alpha value is -1.26. The van der Waals surface area contributed by atoms with Crippen LogP contribution < -0.4 is 5.32 Å². The minimum absolute atomic E-state index is 0.282. The molecule has 0 bridgehead atoms. The van der Waals surface area contributed by atoms with Gasteiger partial charge in [0.2, 0.25) is 0 Å². The Balaban J connectivity index is 3.67. The molecule has 1 unspecified atom stereocenters. The van der Waals surface area contributed by atoms with Crippen LogP contribution in [0.2, 0.25) is 0 Å². The quantitative estimate of drug-likeness (QED) is 0.474. The first-order chi connectivity index (χ1) is 5.24. The SMILES string of the molecule is CCC(NC(=O)OC)OC=O. The van der Waals surface area contributed by atoms with Crippen molar-refractivity contribution in [3.63, 3.8) is 0 Å². The molecule has 0 saturated heterocycles. The third kappa shape index (κ3) is 4.19. The lowest BCUT2D eigenvalue weighted by molar-refractivity contribution is -0.134. The Labute approximate surface area is 64.7 Å². The van der Waals surface area contributed by atoms with E-state index in [1.807, 2.05) is 0 Å². The van der Waals surface area contributed by atoms with Crippen molar-refractivity contribution in [1.29, 1.82) is 0 Å². The van der Waals surface area contributed by atoms with E-state index in [1.54, 1.807) is 6.92 Å². The van der Waals surface area contributed by atoms with Crippen LogP contribution in [0.3, 0.4) is 0 Å². The molecule has 0 radical (unpaired) electrons. The van der Waals surface area contributed by atoms with Crippen LogP contribution in [0.1, 0.15) is 13.3 Å². The van der Waals surface area contributed by atoms with Crippen molar-refractivity contribution in [1.82, 2.24) is 5.32 Å². The summed E-state index contributed by atoms with van der Waals surface area (Å²) in [5.74, 6) is 0. The van der Waals surface area contributed by atoms with Gasteiger partial charge in [-0.15, -0.1) is 0 Å². The molecule has 0 aliphatic rings. The smallest absolute Gasteiger partial charge is 0.409 e. The summed E-state index contributed by atoms with van der Waals surface area (Å²) in [4.78, 5) is 20.4. The van der Waals surface area contributed by atoms with E-state index < -0.39 is 12.3 Å². The number of alkyl carbamates (subject to hydrolysis) is 1. The summed E-state index contributed by atoms with van der Waals surface area (Å²) < 4.78 is 8.75. The van der Waals surface area contributed by atoms with Crippen molar-refractivity contribution in [2.45, 2.75) is 19.6 Å². The summed E-state index contributed by atoms with van der Waals surface area (Å²) >= 11 is 0. The fourth-order valence-electron chi connectivity index (χ4n) is 0.490. The van der Waals surface area contributed by atoms with Gasteiger partial charge in [0.05, 0.1) is 7.11 Å². The molecule has 0 spiro atoms. The Bertz CT molecular complexity index is 137. The predicted molar refractivity (Wildman–Crippen MR) is 36.8 cm³/mol. The van der Waals surface area contributed by atoms with E-state index in [0.29, 0.717) is 6.42 Å². The molecule has 0 aromatic carbocycles. The van der Waals surface area contributed by atoms with E-state index in [2.05, 4.69) is 14.8 Å². The van der Waals surface area contributed by atoms with Crippen LogP contribution in [0.15, 0.2) is 0 Å². The zero-order valence-corrected chi connectivity index (χ0v) is 6.49. The Morgan fingerprint density at radius 3 is 2.73 bits per heavy atom. The molecule has 0 heterocycles. The van der Waals surface area contributed by atoms with Crippen molar-refractivity contribution in [2.75, 3.05) is 7.11 Å². The van der Waals surface area contributed by atoms with Gasteiger partial charge in [-0.3, -0.25) is 10.1 Å². The number of nitrogens with one attached hydrogen (secondary N) is 1. The van der Waals surface area contributed by atoms with Crippen LogP contribution in [0, 0.1) is 0 Å². The fraction of sp³-hybridized carbons (Fsp3) is 0.667. The van der Waals surface area contributed by atoms with Gasteiger partial charge in [-0.05, 0) is 0 Å². The maximum absolute atomic E-state index is 10.5. The molecular formula is C6H11NO4. The van der Waals surface area contributed by atoms with Crippen molar-refractivity contribution < 1.29 is 19.1 Å². The van der Waals surface area contributed by atoms with E-state index in [0.717, 1.165) is 0 Å². The average Bonchev–Trinajstić information content (AvgIpc) is 2.03. The minimum Gasteiger partial charge on any atom is -0.453 e. The van der Waals surface area contributed by atoms with Gasteiger partial charge in [0.15, 0.2) is 6.23 Å². The number of methoxy groups -OCH3 is 1. The van der Waals surface area contributed by atoms with E-state index in [1.165, 1.54) is 7.11 Å². The lowest BCUT2D eigenvalue weighted by atomic mass is 10.4. The minimum atomic E-state index is -0.612. The van der Waals surface area contributed by atoms with Crippen molar-refractivity contribution >= 4 is 12.6 Å². The molecular weight excluding hydrogens is 150 g/mol. The van der Waals surface area contributed by atoms with Gasteiger partial charge < -0.3 is 9.47 Å². The summed E-state index contributed by atoms with van der Waals surface area (Å²) in [6, 6.07) is 0. The second-order valence-corrected chi connectivity index (χ2v) is 1.77. The van der Waals surface area contributed by atoms with Crippen LogP contribution in [0.5, 0.6) is 0 Å². The Morgan fingerprint density at radius 1 is 1.73 bits per heavy atom. The van der Waals surface area contributed by atoms with Gasteiger partial charge in [0.1, 0.15) is 0 Å². The summed E-state index contributed by atoms with van der Waals surface area (Å²) in [6.45, 7) is 2.05. The van der Waals surface area contributed by atoms with E-state index in [4.69, 9.17) is 0 Å². The van der Waals surface area contributed by atoms with E-state index in [-0.39, 0.29) is 6.47 Å². The number of rotatable bonds is 4. The lowest BCUT2D eigenvalue weighted by Crippen LogP contribution is -2.35. The number of carbonyl (C=O) groups is 2. The highest BCUT2D eigenvalue weighted by atomic mass is 16.6. The molecule has 5 nitrogen and oxygen atoms in total. The normalized spacial score (nSPS) is 11.5. The number of ether oxygens (including phenoxy) is 2. The summed E-state index contributed by atoms with van der Waals surface area (Å²) in [7, 11) is 1.24. The van der Waals surface area contributed by atoms with Crippen LogP contribution >= 0.6 is 0 Å². The molecule has 1 amide bonds. The number of hydrogen-bond donors (Lipinski definition) is 1. The molecule has 0 saturated carbocycles. The zero-order valence-electron chi connectivity index (χ0n) is 6.49. The van der Waals surface area contributed by atoms with Gasteiger partial charge in [-0.25, -0.2) is 4.79 Å². The van der Waals surface area contributed by atoms with Crippen molar-refractivity contribution in [2.24, 2.45) is 0 Å². The third-order valence-corrected chi connectivity index (χ3v) is 1.05. The largest absolute Gasteiger partial charge is 0.453 e. The van der Waals surface area contributed by atoms with Crippen LogP contribution in [-0.4, -0.2) is 25.9 Å². The topological polar surface area (TPSA) is 64.6 Å². The highest BCUT2D eigenvalue weighted by molar-refractivity contribution is 5.67. The van der Waals surface area contributed by atoms with E-state index >= 15 is 0 Å². The molecule has 0 aromatic rings. The predicted octanol–water partition coefficient (Wildman–Crippen LogP) is 0.251. The van der Waals surface area contributed by atoms with E-state index in [9.17, 15) is 9.59 Å². The van der Waals surface area contributed by atoms with Crippen LogP contribution in [0.25, 0.3) is 0 Å². The Morgan fingerprint density at radius 2 is 2.36 bits per heavy atom. The monoisotopic (exact) mass is 161 g/mol. The molecule has 0 aliphatic carbocycles. The molecule has 1 atom stereocenters. The summed E-state index contributed by atoms with van der Waals surface area (Å²) in [5, 5.41) is 2.30. The molecule has 1 N–H and O–H groups in total. The van der Waals surface area contributed by atoms with Crippen LogP contribution in [0.4, 0.5) is 4.79 Å². The average molecular weight is 161 g/mol. The second kappa shape index (κ2) is 5.52. The maximum Gasteiger partial charge on any atom is 0.409 e. The highest BCUT2D eigenvalue weighted by Gasteiger charge is 2.09. The molecule has 11 heavy (non-hydrogen) atoms. The van der Waals surface area contributed by atoms with Gasteiger partial charge in [0, 0.05) is 6.42 Å². The van der Waals surface area contributed by atoms with Crippen molar-refractivity contribution in [3.8, 4) is 0 Å². The standard InChI is InChI=1S/C6H11NO4/c1-3-5(11-4-8)7-6(9)10-2/h4-5H,3H2,1-2H3,(H,7,9). The maximum atomic E-state index is 10.5.